The fraction of sp³-hybridized carbons (Fsp3) is 0.588. The summed E-state index contributed by atoms with van der Waals surface area (Å²) in [6, 6.07) is 6.41. The zero-order chi connectivity index (χ0) is 16.1. The summed E-state index contributed by atoms with van der Waals surface area (Å²) in [4.78, 5) is 15.3. The average molecular weight is 336 g/mol. The molecule has 6 heteroatoms. The Kier molecular flexibility index (Phi) is 5.67. The van der Waals surface area contributed by atoms with Crippen LogP contribution < -0.4 is 14.8 Å². The van der Waals surface area contributed by atoms with Gasteiger partial charge in [0.05, 0.1) is 13.2 Å². The molecule has 0 aromatic heterocycles. The van der Waals surface area contributed by atoms with E-state index in [1.165, 1.54) is 0 Å². The zero-order valence-corrected chi connectivity index (χ0v) is 14.4. The number of nitrogens with one attached hydrogen (secondary N) is 1. The van der Waals surface area contributed by atoms with Gasteiger partial charge in [-0.3, -0.25) is 4.79 Å². The molecule has 3 rings (SSSR count). The van der Waals surface area contributed by atoms with Crippen LogP contribution in [0, 0.1) is 0 Å². The van der Waals surface area contributed by atoms with E-state index in [-0.39, 0.29) is 5.91 Å². The van der Waals surface area contributed by atoms with Crippen molar-refractivity contribution in [3.63, 3.8) is 0 Å². The van der Waals surface area contributed by atoms with Crippen LogP contribution in [0.15, 0.2) is 23.1 Å². The Labute approximate surface area is 141 Å². The van der Waals surface area contributed by atoms with E-state index in [1.54, 1.807) is 11.8 Å². The first-order valence-electron chi connectivity index (χ1n) is 8.26. The topological polar surface area (TPSA) is 50.8 Å². The number of carbonyl (C=O) groups excluding carboxylic acids is 1. The minimum atomic E-state index is 0.250. The van der Waals surface area contributed by atoms with E-state index in [2.05, 4.69) is 12.2 Å². The van der Waals surface area contributed by atoms with Crippen molar-refractivity contribution in [2.24, 2.45) is 0 Å². The molecule has 2 aliphatic rings. The Balaban J connectivity index is 1.48. The second-order valence-electron chi connectivity index (χ2n) is 5.95. The number of piperazine rings is 1. The number of amides is 1. The van der Waals surface area contributed by atoms with Crippen molar-refractivity contribution in [3.8, 4) is 11.5 Å². The summed E-state index contributed by atoms with van der Waals surface area (Å²) in [7, 11) is 0. The van der Waals surface area contributed by atoms with Gasteiger partial charge in [-0.2, -0.15) is 0 Å². The second kappa shape index (κ2) is 7.93. The van der Waals surface area contributed by atoms with Gasteiger partial charge in [-0.1, -0.05) is 0 Å². The van der Waals surface area contributed by atoms with Gasteiger partial charge >= 0.3 is 0 Å². The van der Waals surface area contributed by atoms with Gasteiger partial charge < -0.3 is 19.7 Å². The summed E-state index contributed by atoms with van der Waals surface area (Å²) < 4.78 is 11.3. The first-order valence-corrected chi connectivity index (χ1v) is 9.24. The molecule has 23 heavy (non-hydrogen) atoms. The normalized spacial score (nSPS) is 20.9. The molecule has 5 nitrogen and oxygen atoms in total. The third kappa shape index (κ3) is 4.54. The molecule has 1 aromatic carbocycles. The number of carbonyl (C=O) groups is 1. The van der Waals surface area contributed by atoms with Gasteiger partial charge in [-0.15, -0.1) is 11.8 Å². The Morgan fingerprint density at radius 1 is 1.35 bits per heavy atom. The van der Waals surface area contributed by atoms with Crippen LogP contribution in [-0.2, 0) is 4.79 Å². The molecule has 126 valence electrons. The lowest BCUT2D eigenvalue weighted by molar-refractivity contribution is -0.131. The van der Waals surface area contributed by atoms with Crippen LogP contribution >= 0.6 is 11.8 Å². The highest BCUT2D eigenvalue weighted by Crippen LogP contribution is 2.34. The van der Waals surface area contributed by atoms with Crippen LogP contribution in [0.3, 0.4) is 0 Å². The highest BCUT2D eigenvalue weighted by atomic mass is 32.2. The minimum Gasteiger partial charge on any atom is -0.490 e. The van der Waals surface area contributed by atoms with Gasteiger partial charge in [0.2, 0.25) is 5.91 Å². The maximum atomic E-state index is 12.3. The molecule has 0 radical (unpaired) electrons. The van der Waals surface area contributed by atoms with Crippen LogP contribution in [-0.4, -0.2) is 55.4 Å². The molecule has 1 atom stereocenters. The molecular formula is C17H24N2O3S. The van der Waals surface area contributed by atoms with Crippen molar-refractivity contribution in [1.29, 1.82) is 0 Å². The van der Waals surface area contributed by atoms with Gasteiger partial charge in [-0.05, 0) is 25.1 Å². The van der Waals surface area contributed by atoms with Crippen LogP contribution in [0.4, 0.5) is 0 Å². The number of hydrogen-bond acceptors (Lipinski definition) is 5. The molecule has 0 aliphatic carbocycles. The average Bonchev–Trinajstić information content (AvgIpc) is 2.79. The SMILES string of the molecule is CC1CN(C(=O)CCSc2ccc3c(c2)OCCCO3)CCN1. The molecule has 0 saturated carbocycles. The van der Waals surface area contributed by atoms with E-state index in [1.807, 2.05) is 23.1 Å². The van der Waals surface area contributed by atoms with Crippen molar-refractivity contribution >= 4 is 17.7 Å². The van der Waals surface area contributed by atoms with Gasteiger partial charge in [0.1, 0.15) is 0 Å². The molecule has 1 saturated heterocycles. The molecule has 2 heterocycles. The molecule has 1 aromatic rings. The predicted octanol–water partition coefficient (Wildman–Crippen LogP) is 2.15. The fourth-order valence-electron chi connectivity index (χ4n) is 2.81. The molecular weight excluding hydrogens is 312 g/mol. The largest absolute Gasteiger partial charge is 0.490 e. The van der Waals surface area contributed by atoms with Crippen LogP contribution in [0.1, 0.15) is 19.8 Å². The third-order valence-electron chi connectivity index (χ3n) is 4.03. The molecule has 1 amide bonds. The molecule has 1 N–H and O–H groups in total. The lowest BCUT2D eigenvalue weighted by Gasteiger charge is -2.32. The Hall–Kier alpha value is -1.40. The van der Waals surface area contributed by atoms with Crippen molar-refractivity contribution in [1.82, 2.24) is 10.2 Å². The van der Waals surface area contributed by atoms with E-state index in [9.17, 15) is 4.79 Å². The molecule has 1 unspecified atom stereocenters. The third-order valence-corrected chi connectivity index (χ3v) is 5.02. The maximum absolute atomic E-state index is 12.3. The Bertz CT molecular complexity index is 553. The monoisotopic (exact) mass is 336 g/mol. The number of rotatable bonds is 4. The van der Waals surface area contributed by atoms with E-state index >= 15 is 0 Å². The summed E-state index contributed by atoms with van der Waals surface area (Å²) in [6.45, 7) is 6.04. The summed E-state index contributed by atoms with van der Waals surface area (Å²) >= 11 is 1.69. The molecule has 0 spiro atoms. The number of ether oxygens (including phenoxy) is 2. The van der Waals surface area contributed by atoms with Crippen molar-refractivity contribution in [2.75, 3.05) is 38.6 Å². The first-order chi connectivity index (χ1) is 11.2. The standard InChI is InChI=1S/C17H24N2O3S/c1-13-12-19(7-6-18-13)17(20)5-10-23-14-3-4-15-16(11-14)22-9-2-8-21-15/h3-4,11,13,18H,2,5-10,12H2,1H3. The van der Waals surface area contributed by atoms with Crippen LogP contribution in [0.5, 0.6) is 11.5 Å². The fourth-order valence-corrected chi connectivity index (χ4v) is 3.67. The number of hydrogen-bond donors (Lipinski definition) is 1. The lowest BCUT2D eigenvalue weighted by atomic mass is 10.2. The van der Waals surface area contributed by atoms with E-state index in [4.69, 9.17) is 9.47 Å². The highest BCUT2D eigenvalue weighted by molar-refractivity contribution is 7.99. The van der Waals surface area contributed by atoms with E-state index in [0.717, 1.165) is 48.2 Å². The van der Waals surface area contributed by atoms with Crippen molar-refractivity contribution < 1.29 is 14.3 Å². The van der Waals surface area contributed by atoms with Gasteiger partial charge in [0.15, 0.2) is 11.5 Å². The van der Waals surface area contributed by atoms with Crippen LogP contribution in [0.25, 0.3) is 0 Å². The maximum Gasteiger partial charge on any atom is 0.223 e. The van der Waals surface area contributed by atoms with E-state index in [0.29, 0.717) is 25.7 Å². The van der Waals surface area contributed by atoms with Gasteiger partial charge in [-0.25, -0.2) is 0 Å². The van der Waals surface area contributed by atoms with Crippen molar-refractivity contribution in [2.45, 2.75) is 30.7 Å². The Morgan fingerprint density at radius 3 is 3.00 bits per heavy atom. The first kappa shape index (κ1) is 16.5. The number of benzene rings is 1. The predicted molar refractivity (Wildman–Crippen MR) is 91.4 cm³/mol. The summed E-state index contributed by atoms with van der Waals surface area (Å²) in [6.07, 6.45) is 1.49. The summed E-state index contributed by atoms with van der Waals surface area (Å²) in [5.74, 6) is 2.67. The smallest absolute Gasteiger partial charge is 0.223 e. The van der Waals surface area contributed by atoms with Gasteiger partial charge in [0, 0.05) is 49.2 Å². The van der Waals surface area contributed by atoms with Gasteiger partial charge in [0.25, 0.3) is 0 Å². The van der Waals surface area contributed by atoms with Crippen molar-refractivity contribution in [3.05, 3.63) is 18.2 Å². The Morgan fingerprint density at radius 2 is 2.17 bits per heavy atom. The minimum absolute atomic E-state index is 0.250. The van der Waals surface area contributed by atoms with Crippen LogP contribution in [0.2, 0.25) is 0 Å². The zero-order valence-electron chi connectivity index (χ0n) is 13.5. The lowest BCUT2D eigenvalue weighted by Crippen LogP contribution is -2.51. The van der Waals surface area contributed by atoms with E-state index < -0.39 is 0 Å². The molecule has 1 fully saturated rings. The molecule has 2 aliphatic heterocycles. The number of fused-ring (bicyclic) bond motifs is 1. The summed E-state index contributed by atoms with van der Waals surface area (Å²) in [5.41, 5.74) is 0. The quantitative estimate of drug-likeness (QED) is 0.854. The number of thioether (sulfide) groups is 1. The second-order valence-corrected chi connectivity index (χ2v) is 7.12. The number of nitrogens with zero attached hydrogens (tertiary/aromatic N) is 1. The molecule has 0 bridgehead atoms. The summed E-state index contributed by atoms with van der Waals surface area (Å²) in [5, 5.41) is 3.36. The highest BCUT2D eigenvalue weighted by Gasteiger charge is 2.20.